The minimum absolute atomic E-state index is 0.196. The number of aliphatic hydroxyl groups excluding tert-OH is 1. The summed E-state index contributed by atoms with van der Waals surface area (Å²) in [5.74, 6) is -4.22. The first-order valence-corrected chi connectivity index (χ1v) is 4.85. The smallest absolute Gasteiger partial charge is 0.194 e. The molecule has 0 saturated carbocycles. The lowest BCUT2D eigenvalue weighted by Gasteiger charge is -2.13. The summed E-state index contributed by atoms with van der Waals surface area (Å²) in [7, 11) is 0. The van der Waals surface area contributed by atoms with E-state index in [0.717, 1.165) is 18.6 Å². The highest BCUT2D eigenvalue weighted by Gasteiger charge is 2.16. The number of aliphatic hydroxyl groups is 1. The van der Waals surface area contributed by atoms with Gasteiger partial charge in [-0.25, -0.2) is 13.2 Å². The first kappa shape index (κ1) is 12.0. The van der Waals surface area contributed by atoms with Crippen molar-refractivity contribution in [2.75, 3.05) is 6.61 Å². The zero-order valence-corrected chi connectivity index (χ0v) is 8.43. The SMILES string of the molecule is CCCC(CO)c1cc(F)c(F)c(F)c1. The van der Waals surface area contributed by atoms with Crippen LogP contribution in [0.15, 0.2) is 12.1 Å². The van der Waals surface area contributed by atoms with Gasteiger partial charge in [0.15, 0.2) is 17.5 Å². The summed E-state index contributed by atoms with van der Waals surface area (Å²) < 4.78 is 38.4. The van der Waals surface area contributed by atoms with Crippen LogP contribution >= 0.6 is 0 Å². The summed E-state index contributed by atoms with van der Waals surface area (Å²) in [5.41, 5.74) is 0.302. The summed E-state index contributed by atoms with van der Waals surface area (Å²) in [6, 6.07) is 1.88. The van der Waals surface area contributed by atoms with Gasteiger partial charge in [0.25, 0.3) is 0 Å². The van der Waals surface area contributed by atoms with Crippen molar-refractivity contribution in [2.24, 2.45) is 0 Å². The Morgan fingerprint density at radius 2 is 1.73 bits per heavy atom. The average Bonchev–Trinajstić information content (AvgIpc) is 2.22. The molecule has 1 aromatic carbocycles. The van der Waals surface area contributed by atoms with Crippen molar-refractivity contribution in [3.05, 3.63) is 35.1 Å². The second-order valence-electron chi connectivity index (χ2n) is 3.47. The number of hydrogen-bond donors (Lipinski definition) is 1. The van der Waals surface area contributed by atoms with E-state index in [1.54, 1.807) is 0 Å². The van der Waals surface area contributed by atoms with Crippen LogP contribution in [0.5, 0.6) is 0 Å². The van der Waals surface area contributed by atoms with Crippen LogP contribution in [0.2, 0.25) is 0 Å². The van der Waals surface area contributed by atoms with E-state index in [1.165, 1.54) is 0 Å². The quantitative estimate of drug-likeness (QED) is 0.770. The van der Waals surface area contributed by atoms with Gasteiger partial charge < -0.3 is 5.11 Å². The fourth-order valence-electron chi connectivity index (χ4n) is 1.52. The molecule has 0 spiro atoms. The van der Waals surface area contributed by atoms with E-state index >= 15 is 0 Å². The minimum Gasteiger partial charge on any atom is -0.396 e. The third-order valence-corrected chi connectivity index (χ3v) is 2.34. The molecule has 1 aromatic rings. The van der Waals surface area contributed by atoms with Crippen LogP contribution in [0.25, 0.3) is 0 Å². The van der Waals surface area contributed by atoms with Crippen molar-refractivity contribution in [1.82, 2.24) is 0 Å². The molecule has 0 heterocycles. The van der Waals surface area contributed by atoms with E-state index in [-0.39, 0.29) is 12.5 Å². The predicted octanol–water partition coefficient (Wildman–Crippen LogP) is 2.98. The van der Waals surface area contributed by atoms with Gasteiger partial charge in [-0.05, 0) is 24.1 Å². The Labute approximate surface area is 86.5 Å². The van der Waals surface area contributed by atoms with Crippen molar-refractivity contribution >= 4 is 0 Å². The number of hydrogen-bond acceptors (Lipinski definition) is 1. The molecule has 0 aliphatic rings. The molecule has 0 fully saturated rings. The first-order valence-electron chi connectivity index (χ1n) is 4.85. The van der Waals surface area contributed by atoms with Crippen molar-refractivity contribution in [3.8, 4) is 0 Å². The lowest BCUT2D eigenvalue weighted by molar-refractivity contribution is 0.257. The molecular weight excluding hydrogens is 205 g/mol. The van der Waals surface area contributed by atoms with E-state index in [4.69, 9.17) is 5.11 Å². The molecule has 15 heavy (non-hydrogen) atoms. The van der Waals surface area contributed by atoms with Crippen LogP contribution in [0, 0.1) is 17.5 Å². The zero-order valence-electron chi connectivity index (χ0n) is 8.43. The van der Waals surface area contributed by atoms with Gasteiger partial charge in [0.05, 0.1) is 0 Å². The largest absolute Gasteiger partial charge is 0.396 e. The fourth-order valence-corrected chi connectivity index (χ4v) is 1.52. The summed E-state index contributed by atoms with van der Waals surface area (Å²) >= 11 is 0. The molecule has 1 nitrogen and oxygen atoms in total. The van der Waals surface area contributed by atoms with Crippen molar-refractivity contribution in [3.63, 3.8) is 0 Å². The average molecular weight is 218 g/mol. The Morgan fingerprint density at radius 3 is 2.13 bits per heavy atom. The maximum Gasteiger partial charge on any atom is 0.194 e. The van der Waals surface area contributed by atoms with Gasteiger partial charge in [0, 0.05) is 12.5 Å². The molecule has 0 aliphatic heterocycles. The molecule has 0 saturated heterocycles. The van der Waals surface area contributed by atoms with Crippen LogP contribution in [0.4, 0.5) is 13.2 Å². The molecule has 0 aliphatic carbocycles. The maximum absolute atomic E-state index is 12.9. The third-order valence-electron chi connectivity index (χ3n) is 2.34. The Bertz CT molecular complexity index is 316. The third kappa shape index (κ3) is 2.72. The van der Waals surface area contributed by atoms with Crippen LogP contribution in [-0.2, 0) is 0 Å². The Hall–Kier alpha value is -1.03. The molecule has 0 amide bonds. The monoisotopic (exact) mass is 218 g/mol. The van der Waals surface area contributed by atoms with Gasteiger partial charge in [-0.2, -0.15) is 0 Å². The summed E-state index contributed by atoms with van der Waals surface area (Å²) in [5, 5.41) is 9.02. The molecule has 0 radical (unpaired) electrons. The summed E-state index contributed by atoms with van der Waals surface area (Å²) in [4.78, 5) is 0. The molecule has 84 valence electrons. The Kier molecular flexibility index (Phi) is 4.15. The van der Waals surface area contributed by atoms with Crippen LogP contribution in [0.1, 0.15) is 31.2 Å². The van der Waals surface area contributed by atoms with Crippen molar-refractivity contribution in [2.45, 2.75) is 25.7 Å². The molecule has 0 aromatic heterocycles. The van der Waals surface area contributed by atoms with Gasteiger partial charge in [0.1, 0.15) is 0 Å². The second-order valence-corrected chi connectivity index (χ2v) is 3.47. The normalized spacial score (nSPS) is 12.9. The molecule has 1 atom stereocenters. The fraction of sp³-hybridized carbons (Fsp3) is 0.455. The van der Waals surface area contributed by atoms with Crippen LogP contribution < -0.4 is 0 Å². The van der Waals surface area contributed by atoms with E-state index in [9.17, 15) is 13.2 Å². The highest BCUT2D eigenvalue weighted by Crippen LogP contribution is 2.24. The van der Waals surface area contributed by atoms with Gasteiger partial charge in [-0.1, -0.05) is 13.3 Å². The molecule has 1 N–H and O–H groups in total. The van der Waals surface area contributed by atoms with Crippen LogP contribution in [-0.4, -0.2) is 11.7 Å². The van der Waals surface area contributed by atoms with E-state index in [0.29, 0.717) is 12.0 Å². The molecule has 1 rings (SSSR count). The number of halogens is 3. The molecular formula is C11H13F3O. The Balaban J connectivity index is 3.03. The van der Waals surface area contributed by atoms with E-state index < -0.39 is 17.5 Å². The second kappa shape index (κ2) is 5.16. The highest BCUT2D eigenvalue weighted by molar-refractivity contribution is 5.23. The minimum atomic E-state index is -1.47. The summed E-state index contributed by atoms with van der Waals surface area (Å²) in [6.45, 7) is 1.71. The van der Waals surface area contributed by atoms with Gasteiger partial charge in [-0.3, -0.25) is 0 Å². The van der Waals surface area contributed by atoms with Gasteiger partial charge in [0.2, 0.25) is 0 Å². The lowest BCUT2D eigenvalue weighted by atomic mass is 9.95. The lowest BCUT2D eigenvalue weighted by Crippen LogP contribution is -2.06. The van der Waals surface area contributed by atoms with Gasteiger partial charge in [-0.15, -0.1) is 0 Å². The molecule has 4 heteroatoms. The molecule has 0 bridgehead atoms. The van der Waals surface area contributed by atoms with Crippen molar-refractivity contribution < 1.29 is 18.3 Å². The topological polar surface area (TPSA) is 20.2 Å². The highest BCUT2D eigenvalue weighted by atomic mass is 19.2. The van der Waals surface area contributed by atoms with E-state index in [2.05, 4.69) is 0 Å². The predicted molar refractivity (Wildman–Crippen MR) is 51.1 cm³/mol. The summed E-state index contributed by atoms with van der Waals surface area (Å²) in [6.07, 6.45) is 1.40. The van der Waals surface area contributed by atoms with Crippen LogP contribution in [0.3, 0.4) is 0 Å². The number of rotatable bonds is 4. The first-order chi connectivity index (χ1) is 7.10. The number of benzene rings is 1. The van der Waals surface area contributed by atoms with Gasteiger partial charge >= 0.3 is 0 Å². The zero-order chi connectivity index (χ0) is 11.4. The van der Waals surface area contributed by atoms with Crippen molar-refractivity contribution in [1.29, 1.82) is 0 Å². The Morgan fingerprint density at radius 1 is 1.20 bits per heavy atom. The standard InChI is InChI=1S/C11H13F3O/c1-2-3-7(6-15)8-4-9(12)11(14)10(13)5-8/h4-5,7,15H,2-3,6H2,1H3. The maximum atomic E-state index is 12.9. The van der Waals surface area contributed by atoms with E-state index in [1.807, 2.05) is 6.92 Å². The molecule has 1 unspecified atom stereocenters.